The number of benzene rings is 1. The lowest BCUT2D eigenvalue weighted by atomic mass is 10.1. The molecule has 1 aliphatic rings. The monoisotopic (exact) mass is 253 g/mol. The molecule has 0 heterocycles. The van der Waals surface area contributed by atoms with Gasteiger partial charge in [0, 0.05) is 24.2 Å². The predicted octanol–water partition coefficient (Wildman–Crippen LogP) is 2.26. The number of nitrogens with one attached hydrogen (secondary N) is 1. The van der Waals surface area contributed by atoms with Crippen molar-refractivity contribution in [2.75, 3.05) is 13.7 Å². The third-order valence-corrected chi connectivity index (χ3v) is 3.47. The molecule has 0 spiro atoms. The third kappa shape index (κ3) is 3.21. The highest BCUT2D eigenvalue weighted by atomic mass is 19.1. The van der Waals surface area contributed by atoms with Crippen molar-refractivity contribution < 1.29 is 14.2 Å². The van der Waals surface area contributed by atoms with Crippen molar-refractivity contribution in [3.63, 3.8) is 0 Å². The summed E-state index contributed by atoms with van der Waals surface area (Å²) in [6.45, 7) is 2.40. The molecule has 0 aromatic heterocycles. The van der Waals surface area contributed by atoms with Crippen LogP contribution in [0.4, 0.5) is 4.39 Å². The van der Waals surface area contributed by atoms with Crippen molar-refractivity contribution in [3.8, 4) is 5.75 Å². The van der Waals surface area contributed by atoms with Crippen molar-refractivity contribution in [2.24, 2.45) is 5.92 Å². The molecule has 4 heteroatoms. The molecule has 1 fully saturated rings. The Bertz CT molecular complexity index is 407. The fourth-order valence-corrected chi connectivity index (χ4v) is 2.04. The van der Waals surface area contributed by atoms with Crippen molar-refractivity contribution in [1.82, 2.24) is 5.32 Å². The molecule has 2 unspecified atom stereocenters. The summed E-state index contributed by atoms with van der Waals surface area (Å²) < 4.78 is 18.8. The van der Waals surface area contributed by atoms with Gasteiger partial charge in [-0.25, -0.2) is 4.39 Å². The van der Waals surface area contributed by atoms with Gasteiger partial charge >= 0.3 is 0 Å². The fourth-order valence-electron chi connectivity index (χ4n) is 2.04. The third-order valence-electron chi connectivity index (χ3n) is 3.47. The molecule has 0 amide bonds. The zero-order valence-corrected chi connectivity index (χ0v) is 10.8. The Balaban J connectivity index is 1.92. The molecule has 2 N–H and O–H groups in total. The second-order valence-electron chi connectivity index (χ2n) is 4.92. The molecule has 1 aliphatic carbocycles. The van der Waals surface area contributed by atoms with Crippen LogP contribution in [0.2, 0.25) is 0 Å². The lowest BCUT2D eigenvalue weighted by molar-refractivity contribution is 0.145. The highest BCUT2D eigenvalue weighted by molar-refractivity contribution is 5.30. The lowest BCUT2D eigenvalue weighted by Crippen LogP contribution is -2.30. The van der Waals surface area contributed by atoms with Gasteiger partial charge in [0.05, 0.1) is 13.2 Å². The minimum absolute atomic E-state index is 0.121. The molecule has 3 nitrogen and oxygen atoms in total. The number of ether oxygens (including phenoxy) is 1. The quantitative estimate of drug-likeness (QED) is 0.817. The van der Waals surface area contributed by atoms with Gasteiger partial charge in [-0.2, -0.15) is 0 Å². The van der Waals surface area contributed by atoms with Crippen molar-refractivity contribution in [3.05, 3.63) is 29.6 Å². The Hall–Kier alpha value is -1.13. The molecule has 0 radical (unpaired) electrons. The van der Waals surface area contributed by atoms with E-state index in [-0.39, 0.29) is 18.0 Å². The topological polar surface area (TPSA) is 41.5 Å². The molecule has 100 valence electrons. The van der Waals surface area contributed by atoms with E-state index in [1.807, 2.05) is 6.92 Å². The smallest absolute Gasteiger partial charge is 0.131 e. The van der Waals surface area contributed by atoms with E-state index in [2.05, 4.69) is 5.32 Å². The second kappa shape index (κ2) is 5.67. The zero-order chi connectivity index (χ0) is 13.1. The van der Waals surface area contributed by atoms with Crippen LogP contribution < -0.4 is 10.1 Å². The molecule has 2 atom stereocenters. The maximum atomic E-state index is 13.8. The van der Waals surface area contributed by atoms with Crippen LogP contribution in [-0.2, 0) is 0 Å². The van der Waals surface area contributed by atoms with Gasteiger partial charge in [-0.15, -0.1) is 0 Å². The molecular formula is C14H20FNO2. The first-order valence-electron chi connectivity index (χ1n) is 6.36. The number of hydrogen-bond donors (Lipinski definition) is 2. The summed E-state index contributed by atoms with van der Waals surface area (Å²) in [7, 11) is 1.52. The maximum absolute atomic E-state index is 13.8. The Morgan fingerprint density at radius 2 is 2.22 bits per heavy atom. The van der Waals surface area contributed by atoms with Crippen LogP contribution >= 0.6 is 0 Å². The average molecular weight is 253 g/mol. The Labute approximate surface area is 107 Å². The molecule has 1 saturated carbocycles. The highest BCUT2D eigenvalue weighted by Gasteiger charge is 2.29. The van der Waals surface area contributed by atoms with Gasteiger partial charge in [-0.3, -0.25) is 0 Å². The van der Waals surface area contributed by atoms with Crippen LogP contribution in [0.3, 0.4) is 0 Å². The van der Waals surface area contributed by atoms with E-state index in [4.69, 9.17) is 4.74 Å². The van der Waals surface area contributed by atoms with E-state index in [1.165, 1.54) is 13.2 Å². The van der Waals surface area contributed by atoms with Crippen molar-refractivity contribution in [1.29, 1.82) is 0 Å². The van der Waals surface area contributed by atoms with E-state index in [0.29, 0.717) is 23.8 Å². The molecule has 0 aliphatic heterocycles. The number of aliphatic hydroxyl groups excluding tert-OH is 1. The minimum atomic E-state index is -0.311. The molecule has 2 rings (SSSR count). The van der Waals surface area contributed by atoms with Gasteiger partial charge in [0.15, 0.2) is 0 Å². The standard InChI is InChI=1S/C14H20FNO2/c1-9(16-8-14(17)10-3-4-10)12-6-5-11(18-2)7-13(12)15/h5-7,9-10,14,16-17H,3-4,8H2,1-2H3. The summed E-state index contributed by atoms with van der Waals surface area (Å²) in [6, 6.07) is 4.72. The number of methoxy groups -OCH3 is 1. The van der Waals surface area contributed by atoms with Crippen LogP contribution in [0.5, 0.6) is 5.75 Å². The number of rotatable bonds is 6. The maximum Gasteiger partial charge on any atom is 0.131 e. The summed E-state index contributed by atoms with van der Waals surface area (Å²) in [6.07, 6.45) is 1.90. The highest BCUT2D eigenvalue weighted by Crippen LogP contribution is 2.32. The summed E-state index contributed by atoms with van der Waals surface area (Å²) in [5.41, 5.74) is 0.596. The Kier molecular flexibility index (Phi) is 4.19. The number of aliphatic hydroxyl groups is 1. The van der Waals surface area contributed by atoms with Crippen molar-refractivity contribution >= 4 is 0 Å². The average Bonchev–Trinajstić information content (AvgIpc) is 3.19. The predicted molar refractivity (Wildman–Crippen MR) is 68.1 cm³/mol. The summed E-state index contributed by atoms with van der Waals surface area (Å²) >= 11 is 0. The lowest BCUT2D eigenvalue weighted by Gasteiger charge is -2.18. The molecule has 1 aromatic rings. The van der Waals surface area contributed by atoms with E-state index >= 15 is 0 Å². The number of hydrogen-bond acceptors (Lipinski definition) is 3. The number of halogens is 1. The largest absolute Gasteiger partial charge is 0.497 e. The molecule has 0 bridgehead atoms. The summed E-state index contributed by atoms with van der Waals surface area (Å²) in [5.74, 6) is 0.669. The normalized spacial score (nSPS) is 18.4. The summed E-state index contributed by atoms with van der Waals surface area (Å²) in [5, 5.41) is 12.9. The van der Waals surface area contributed by atoms with E-state index in [0.717, 1.165) is 12.8 Å². The zero-order valence-electron chi connectivity index (χ0n) is 10.8. The van der Waals surface area contributed by atoms with E-state index in [1.54, 1.807) is 12.1 Å². The fraction of sp³-hybridized carbons (Fsp3) is 0.571. The Morgan fingerprint density at radius 3 is 2.78 bits per heavy atom. The van der Waals surface area contributed by atoms with Crippen LogP contribution in [0.1, 0.15) is 31.4 Å². The van der Waals surface area contributed by atoms with Crippen LogP contribution in [0.25, 0.3) is 0 Å². The minimum Gasteiger partial charge on any atom is -0.497 e. The molecule has 18 heavy (non-hydrogen) atoms. The first-order chi connectivity index (χ1) is 8.61. The molecule has 1 aromatic carbocycles. The molecule has 0 saturated heterocycles. The van der Waals surface area contributed by atoms with Crippen LogP contribution in [-0.4, -0.2) is 24.9 Å². The Morgan fingerprint density at radius 1 is 1.50 bits per heavy atom. The van der Waals surface area contributed by atoms with Gasteiger partial charge < -0.3 is 15.2 Å². The summed E-state index contributed by atoms with van der Waals surface area (Å²) in [4.78, 5) is 0. The van der Waals surface area contributed by atoms with Gasteiger partial charge in [0.25, 0.3) is 0 Å². The van der Waals surface area contributed by atoms with Gasteiger partial charge in [0.2, 0.25) is 0 Å². The van der Waals surface area contributed by atoms with Gasteiger partial charge in [0.1, 0.15) is 11.6 Å². The second-order valence-corrected chi connectivity index (χ2v) is 4.92. The van der Waals surface area contributed by atoms with Gasteiger partial charge in [-0.05, 0) is 31.7 Å². The van der Waals surface area contributed by atoms with E-state index < -0.39 is 0 Å². The van der Waals surface area contributed by atoms with Crippen LogP contribution in [0.15, 0.2) is 18.2 Å². The van der Waals surface area contributed by atoms with Crippen molar-refractivity contribution in [2.45, 2.75) is 31.9 Å². The first kappa shape index (κ1) is 13.3. The van der Waals surface area contributed by atoms with Crippen LogP contribution in [0, 0.1) is 11.7 Å². The first-order valence-corrected chi connectivity index (χ1v) is 6.36. The van der Waals surface area contributed by atoms with E-state index in [9.17, 15) is 9.50 Å². The SMILES string of the molecule is COc1ccc(C(C)NCC(O)C2CC2)c(F)c1. The molecular weight excluding hydrogens is 233 g/mol. The van der Waals surface area contributed by atoms with Gasteiger partial charge in [-0.1, -0.05) is 6.07 Å².